The van der Waals surface area contributed by atoms with Crippen molar-refractivity contribution in [3.8, 4) is 5.75 Å². The molecule has 0 aliphatic heterocycles. The van der Waals surface area contributed by atoms with Gasteiger partial charge in [0.2, 0.25) is 0 Å². The predicted octanol–water partition coefficient (Wildman–Crippen LogP) is 5.48. The average molecular weight is 409 g/mol. The molecule has 0 N–H and O–H groups in total. The minimum Gasteiger partial charge on any atom is -0.494 e. The molecular formula is C26H36N2O2. The Hall–Kier alpha value is -2.59. The van der Waals surface area contributed by atoms with Crippen molar-refractivity contribution < 1.29 is 9.53 Å². The number of anilines is 1. The number of carbonyl (C=O) groups excluding carboxylic acids is 1. The van der Waals surface area contributed by atoms with Gasteiger partial charge in [0.05, 0.1) is 12.3 Å². The molecule has 0 bridgehead atoms. The van der Waals surface area contributed by atoms with Crippen LogP contribution in [0.1, 0.15) is 42.9 Å². The van der Waals surface area contributed by atoms with Gasteiger partial charge >= 0.3 is 0 Å². The third-order valence-corrected chi connectivity index (χ3v) is 4.97. The largest absolute Gasteiger partial charge is 0.494 e. The number of hydrogen-bond acceptors (Lipinski definition) is 3. The van der Waals surface area contributed by atoms with E-state index in [-0.39, 0.29) is 5.91 Å². The molecule has 0 saturated heterocycles. The highest BCUT2D eigenvalue weighted by Gasteiger charge is 2.18. The van der Waals surface area contributed by atoms with E-state index in [9.17, 15) is 4.79 Å². The lowest BCUT2D eigenvalue weighted by molar-refractivity contribution is -0.114. The topological polar surface area (TPSA) is 32.8 Å². The van der Waals surface area contributed by atoms with Crippen LogP contribution in [0.2, 0.25) is 0 Å². The van der Waals surface area contributed by atoms with Crippen molar-refractivity contribution in [3.05, 3.63) is 65.2 Å². The molecular weight excluding hydrogens is 372 g/mol. The normalized spacial score (nSPS) is 11.3. The summed E-state index contributed by atoms with van der Waals surface area (Å²) in [5, 5.41) is 0. The number of unbranched alkanes of at least 4 members (excludes halogenated alkanes) is 1. The summed E-state index contributed by atoms with van der Waals surface area (Å²) in [5.41, 5.74) is 4.13. The van der Waals surface area contributed by atoms with Crippen molar-refractivity contribution in [2.24, 2.45) is 0 Å². The molecule has 0 aliphatic carbocycles. The molecule has 4 heteroatoms. The van der Waals surface area contributed by atoms with Crippen molar-refractivity contribution in [3.63, 3.8) is 0 Å². The first-order chi connectivity index (χ1) is 14.4. The second-order valence-corrected chi connectivity index (χ2v) is 8.00. The van der Waals surface area contributed by atoms with Crippen LogP contribution < -0.4 is 9.64 Å². The zero-order valence-corrected chi connectivity index (χ0v) is 19.1. The van der Waals surface area contributed by atoms with E-state index < -0.39 is 0 Å². The van der Waals surface area contributed by atoms with Crippen molar-refractivity contribution in [2.45, 2.75) is 40.0 Å². The monoisotopic (exact) mass is 408 g/mol. The van der Waals surface area contributed by atoms with Crippen molar-refractivity contribution >= 4 is 17.7 Å². The Morgan fingerprint density at radius 1 is 1.00 bits per heavy atom. The van der Waals surface area contributed by atoms with Gasteiger partial charge in [-0.1, -0.05) is 43.7 Å². The number of carbonyl (C=O) groups is 1. The van der Waals surface area contributed by atoms with E-state index in [1.165, 1.54) is 0 Å². The molecule has 0 atom stereocenters. The van der Waals surface area contributed by atoms with E-state index in [1.807, 2.05) is 53.4 Å². The minimum absolute atomic E-state index is 0.00320. The van der Waals surface area contributed by atoms with Crippen LogP contribution in [0.25, 0.3) is 6.08 Å². The average Bonchev–Trinajstić information content (AvgIpc) is 2.71. The van der Waals surface area contributed by atoms with E-state index in [1.54, 1.807) is 6.08 Å². The lowest BCUT2D eigenvalue weighted by atomic mass is 10.1. The smallest absolute Gasteiger partial charge is 0.251 e. The standard InChI is InChI=1S/C26H36N2O2/c1-6-7-18-30-24-19-21(2)26(22(3)20-24)28(17-11-16-27(4)5)25(29)15-14-23-12-9-8-10-13-23/h8-10,12-15,19-20H,6-7,11,16-18H2,1-5H3/b15-14+. The minimum atomic E-state index is 0.00320. The molecule has 0 aliphatic rings. The number of nitrogens with zero attached hydrogens (tertiary/aromatic N) is 2. The highest BCUT2D eigenvalue weighted by atomic mass is 16.5. The van der Waals surface area contributed by atoms with Crippen LogP contribution in [-0.2, 0) is 4.79 Å². The van der Waals surface area contributed by atoms with Crippen molar-refractivity contribution in [2.75, 3.05) is 38.7 Å². The first-order valence-electron chi connectivity index (χ1n) is 10.9. The van der Waals surface area contributed by atoms with E-state index >= 15 is 0 Å². The molecule has 2 aromatic carbocycles. The van der Waals surface area contributed by atoms with Gasteiger partial charge in [-0.25, -0.2) is 0 Å². The van der Waals surface area contributed by atoms with Crippen LogP contribution in [0.15, 0.2) is 48.5 Å². The molecule has 0 saturated carbocycles. The fourth-order valence-corrected chi connectivity index (χ4v) is 3.46. The number of amides is 1. The number of rotatable bonds is 11. The first kappa shape index (κ1) is 23.7. The van der Waals surface area contributed by atoms with E-state index in [2.05, 4.69) is 39.8 Å². The Kier molecular flexibility index (Phi) is 9.62. The van der Waals surface area contributed by atoms with E-state index in [0.29, 0.717) is 6.54 Å². The molecule has 0 spiro atoms. The molecule has 4 nitrogen and oxygen atoms in total. The Balaban J connectivity index is 2.27. The number of benzene rings is 2. The van der Waals surface area contributed by atoms with Crippen LogP contribution in [0.3, 0.4) is 0 Å². The summed E-state index contributed by atoms with van der Waals surface area (Å²) in [6.45, 7) is 8.60. The van der Waals surface area contributed by atoms with Gasteiger partial charge in [-0.05, 0) is 82.2 Å². The van der Waals surface area contributed by atoms with E-state index in [4.69, 9.17) is 4.74 Å². The molecule has 0 radical (unpaired) electrons. The molecule has 2 aromatic rings. The Morgan fingerprint density at radius 3 is 2.27 bits per heavy atom. The summed E-state index contributed by atoms with van der Waals surface area (Å²) in [5.74, 6) is 0.881. The molecule has 0 heterocycles. The third-order valence-electron chi connectivity index (χ3n) is 4.97. The maximum absolute atomic E-state index is 13.2. The van der Waals surface area contributed by atoms with Gasteiger partial charge in [-0.15, -0.1) is 0 Å². The van der Waals surface area contributed by atoms with Gasteiger partial charge in [0.25, 0.3) is 5.91 Å². The summed E-state index contributed by atoms with van der Waals surface area (Å²) in [6, 6.07) is 14.0. The zero-order chi connectivity index (χ0) is 21.9. The maximum atomic E-state index is 13.2. The van der Waals surface area contributed by atoms with Crippen molar-refractivity contribution in [1.29, 1.82) is 0 Å². The summed E-state index contributed by atoms with van der Waals surface area (Å²) in [4.78, 5) is 17.2. The van der Waals surface area contributed by atoms with Crippen LogP contribution in [0.4, 0.5) is 5.69 Å². The maximum Gasteiger partial charge on any atom is 0.251 e. The van der Waals surface area contributed by atoms with Gasteiger partial charge in [0, 0.05) is 12.6 Å². The quantitative estimate of drug-likeness (QED) is 0.364. The fourth-order valence-electron chi connectivity index (χ4n) is 3.46. The Morgan fingerprint density at radius 2 is 1.67 bits per heavy atom. The van der Waals surface area contributed by atoms with Gasteiger partial charge in [0.1, 0.15) is 5.75 Å². The highest BCUT2D eigenvalue weighted by molar-refractivity contribution is 6.04. The molecule has 2 rings (SSSR count). The van der Waals surface area contributed by atoms with Gasteiger partial charge < -0.3 is 14.5 Å². The summed E-state index contributed by atoms with van der Waals surface area (Å²) in [6.07, 6.45) is 6.62. The fraction of sp³-hybridized carbons (Fsp3) is 0.423. The molecule has 0 fully saturated rings. The SMILES string of the molecule is CCCCOc1cc(C)c(N(CCCN(C)C)C(=O)/C=C/c2ccccc2)c(C)c1. The lowest BCUT2D eigenvalue weighted by Crippen LogP contribution is -2.33. The molecule has 30 heavy (non-hydrogen) atoms. The van der Waals surface area contributed by atoms with Crippen LogP contribution in [0.5, 0.6) is 5.75 Å². The third kappa shape index (κ3) is 7.34. The number of ether oxygens (including phenoxy) is 1. The van der Waals surface area contributed by atoms with Crippen LogP contribution >= 0.6 is 0 Å². The lowest BCUT2D eigenvalue weighted by Gasteiger charge is -2.26. The Labute approximate surface area is 182 Å². The van der Waals surface area contributed by atoms with Gasteiger partial charge in [0.15, 0.2) is 0 Å². The molecule has 0 aromatic heterocycles. The van der Waals surface area contributed by atoms with Crippen LogP contribution in [-0.4, -0.2) is 44.6 Å². The Bertz CT molecular complexity index is 805. The second kappa shape index (κ2) is 12.2. The number of hydrogen-bond donors (Lipinski definition) is 0. The second-order valence-electron chi connectivity index (χ2n) is 8.00. The summed E-state index contributed by atoms with van der Waals surface area (Å²) < 4.78 is 5.90. The zero-order valence-electron chi connectivity index (χ0n) is 19.1. The molecule has 1 amide bonds. The van der Waals surface area contributed by atoms with Crippen molar-refractivity contribution in [1.82, 2.24) is 4.90 Å². The first-order valence-corrected chi connectivity index (χ1v) is 10.9. The van der Waals surface area contributed by atoms with Crippen LogP contribution in [0, 0.1) is 13.8 Å². The van der Waals surface area contributed by atoms with Gasteiger partial charge in [-0.2, -0.15) is 0 Å². The molecule has 0 unspecified atom stereocenters. The number of aryl methyl sites for hydroxylation is 2. The summed E-state index contributed by atoms with van der Waals surface area (Å²) in [7, 11) is 4.11. The van der Waals surface area contributed by atoms with Gasteiger partial charge in [-0.3, -0.25) is 4.79 Å². The van der Waals surface area contributed by atoms with E-state index in [0.717, 1.165) is 60.5 Å². The highest BCUT2D eigenvalue weighted by Crippen LogP contribution is 2.30. The summed E-state index contributed by atoms with van der Waals surface area (Å²) >= 11 is 0. The predicted molar refractivity (Wildman–Crippen MR) is 127 cm³/mol. The molecule has 162 valence electrons.